The minimum absolute atomic E-state index is 0.0105. The number of benzene rings is 1. The fraction of sp³-hybridized carbons (Fsp3) is 0. The number of anilines is 1. The molecule has 100 valence electrons. The van der Waals surface area contributed by atoms with Crippen molar-refractivity contribution in [2.75, 3.05) is 4.72 Å². The van der Waals surface area contributed by atoms with Crippen LogP contribution < -0.4 is 10.5 Å². The molecule has 2 aromatic rings. The van der Waals surface area contributed by atoms with Crippen LogP contribution >= 0.6 is 0 Å². The van der Waals surface area contributed by atoms with Crippen LogP contribution in [-0.2, 0) is 10.0 Å². The number of rotatable bonds is 4. The summed E-state index contributed by atoms with van der Waals surface area (Å²) in [6.45, 7) is 0. The summed E-state index contributed by atoms with van der Waals surface area (Å²) in [5.41, 5.74) is 4.66. The van der Waals surface area contributed by atoms with Gasteiger partial charge in [-0.1, -0.05) is 0 Å². The summed E-state index contributed by atoms with van der Waals surface area (Å²) < 4.78 is 39.2. The van der Waals surface area contributed by atoms with Crippen LogP contribution in [0.2, 0.25) is 0 Å². The minimum atomic E-state index is -4.00. The van der Waals surface area contributed by atoms with E-state index in [2.05, 4.69) is 9.97 Å². The highest BCUT2D eigenvalue weighted by atomic mass is 32.2. The van der Waals surface area contributed by atoms with E-state index in [0.717, 1.165) is 24.4 Å². The van der Waals surface area contributed by atoms with Crippen molar-refractivity contribution in [3.8, 4) is 0 Å². The summed E-state index contributed by atoms with van der Waals surface area (Å²) in [5.74, 6) is -1.62. The number of imidazole rings is 1. The highest BCUT2D eigenvalue weighted by Gasteiger charge is 2.18. The van der Waals surface area contributed by atoms with Crippen molar-refractivity contribution in [3.63, 3.8) is 0 Å². The smallest absolute Gasteiger partial charge is 0.279 e. The third-order valence-corrected chi connectivity index (χ3v) is 3.55. The normalized spacial score (nSPS) is 11.2. The van der Waals surface area contributed by atoms with Gasteiger partial charge in [0.25, 0.3) is 10.0 Å². The van der Waals surface area contributed by atoms with Gasteiger partial charge in [0.1, 0.15) is 5.82 Å². The molecule has 0 saturated heterocycles. The van der Waals surface area contributed by atoms with Gasteiger partial charge in [-0.25, -0.2) is 9.37 Å². The highest BCUT2D eigenvalue weighted by molar-refractivity contribution is 7.92. The average molecular weight is 284 g/mol. The molecule has 0 aliphatic carbocycles. The number of sulfonamides is 1. The summed E-state index contributed by atoms with van der Waals surface area (Å²) in [4.78, 5) is 16.9. The van der Waals surface area contributed by atoms with E-state index in [1.54, 1.807) is 0 Å². The van der Waals surface area contributed by atoms with Crippen LogP contribution in [0.1, 0.15) is 10.4 Å². The molecule has 0 fully saturated rings. The van der Waals surface area contributed by atoms with E-state index < -0.39 is 21.7 Å². The van der Waals surface area contributed by atoms with Gasteiger partial charge in [-0.05, 0) is 18.2 Å². The van der Waals surface area contributed by atoms with Gasteiger partial charge < -0.3 is 10.7 Å². The highest BCUT2D eigenvalue weighted by Crippen LogP contribution is 2.19. The van der Waals surface area contributed by atoms with Crippen LogP contribution in [0.4, 0.5) is 10.1 Å². The molecule has 0 saturated carbocycles. The van der Waals surface area contributed by atoms with Gasteiger partial charge in [0.2, 0.25) is 5.91 Å². The zero-order valence-corrected chi connectivity index (χ0v) is 10.2. The monoisotopic (exact) mass is 284 g/mol. The summed E-state index contributed by atoms with van der Waals surface area (Å²) in [6.07, 6.45) is 2.24. The molecule has 7 nitrogen and oxygen atoms in total. The van der Waals surface area contributed by atoms with Gasteiger partial charge in [-0.15, -0.1) is 0 Å². The number of primary amides is 1. The first-order valence-corrected chi connectivity index (χ1v) is 6.49. The molecule has 1 amide bonds. The number of hydrogen-bond acceptors (Lipinski definition) is 4. The molecule has 4 N–H and O–H groups in total. The number of aromatic amines is 1. The molecule has 0 aliphatic heterocycles. The van der Waals surface area contributed by atoms with Crippen molar-refractivity contribution in [3.05, 3.63) is 42.1 Å². The Hall–Kier alpha value is -2.42. The maximum absolute atomic E-state index is 13.5. The van der Waals surface area contributed by atoms with Crippen molar-refractivity contribution in [2.45, 2.75) is 5.03 Å². The second kappa shape index (κ2) is 4.69. The molecule has 1 aromatic carbocycles. The molecular formula is C10H9FN4O3S. The van der Waals surface area contributed by atoms with Gasteiger partial charge in [-0.2, -0.15) is 8.42 Å². The molecule has 2 rings (SSSR count). The Morgan fingerprint density at radius 1 is 1.42 bits per heavy atom. The predicted molar refractivity (Wildman–Crippen MR) is 64.3 cm³/mol. The number of nitrogens with one attached hydrogen (secondary N) is 2. The van der Waals surface area contributed by atoms with E-state index in [4.69, 9.17) is 5.73 Å². The van der Waals surface area contributed by atoms with Crippen molar-refractivity contribution in [1.29, 1.82) is 0 Å². The molecule has 0 spiro atoms. The van der Waals surface area contributed by atoms with Crippen LogP contribution in [-0.4, -0.2) is 24.3 Å². The lowest BCUT2D eigenvalue weighted by atomic mass is 10.2. The Balaban J connectivity index is 2.39. The van der Waals surface area contributed by atoms with Gasteiger partial charge in [-0.3, -0.25) is 9.52 Å². The predicted octanol–water partition coefficient (Wildman–Crippen LogP) is 0.449. The van der Waals surface area contributed by atoms with E-state index in [1.807, 2.05) is 4.72 Å². The maximum atomic E-state index is 13.5. The third-order valence-electron chi connectivity index (χ3n) is 2.26. The number of amides is 1. The summed E-state index contributed by atoms with van der Waals surface area (Å²) >= 11 is 0. The SMILES string of the molecule is NC(=O)c1ccc(F)c(NS(=O)(=O)c2cnc[nH]2)c1. The molecule has 0 bridgehead atoms. The Morgan fingerprint density at radius 2 is 2.16 bits per heavy atom. The minimum Gasteiger partial charge on any atom is -0.366 e. The number of aromatic nitrogens is 2. The number of hydrogen-bond donors (Lipinski definition) is 3. The summed E-state index contributed by atoms with van der Waals surface area (Å²) in [5, 5.41) is -0.226. The van der Waals surface area contributed by atoms with Crippen molar-refractivity contribution < 1.29 is 17.6 Å². The van der Waals surface area contributed by atoms with Gasteiger partial charge in [0.05, 0.1) is 18.2 Å². The van der Waals surface area contributed by atoms with Crippen LogP contribution in [0.5, 0.6) is 0 Å². The lowest BCUT2D eigenvalue weighted by Crippen LogP contribution is -2.16. The molecule has 1 aromatic heterocycles. The van der Waals surface area contributed by atoms with Crippen LogP contribution in [0.25, 0.3) is 0 Å². The molecular weight excluding hydrogens is 275 g/mol. The largest absolute Gasteiger partial charge is 0.366 e. The average Bonchev–Trinajstić information content (AvgIpc) is 2.85. The lowest BCUT2D eigenvalue weighted by Gasteiger charge is -2.08. The van der Waals surface area contributed by atoms with E-state index >= 15 is 0 Å². The van der Waals surface area contributed by atoms with E-state index in [-0.39, 0.29) is 16.3 Å². The quantitative estimate of drug-likeness (QED) is 0.755. The molecule has 0 atom stereocenters. The standard InChI is InChI=1S/C10H9FN4O3S/c11-7-2-1-6(10(12)16)3-8(7)15-19(17,18)9-4-13-5-14-9/h1-5,15H,(H2,12,16)(H,13,14). The Kier molecular flexibility index (Phi) is 3.21. The Bertz CT molecular complexity index is 712. The summed E-state index contributed by atoms with van der Waals surface area (Å²) in [6, 6.07) is 3.13. The number of carbonyl (C=O) groups is 1. The molecule has 1 heterocycles. The van der Waals surface area contributed by atoms with E-state index in [0.29, 0.717) is 0 Å². The van der Waals surface area contributed by atoms with Crippen molar-refractivity contribution in [2.24, 2.45) is 5.73 Å². The third kappa shape index (κ3) is 2.71. The van der Waals surface area contributed by atoms with Crippen molar-refractivity contribution >= 4 is 21.6 Å². The van der Waals surface area contributed by atoms with E-state index in [9.17, 15) is 17.6 Å². The Labute approximate surface area is 107 Å². The van der Waals surface area contributed by atoms with Crippen LogP contribution in [0.3, 0.4) is 0 Å². The first-order valence-electron chi connectivity index (χ1n) is 5.01. The number of H-pyrrole nitrogens is 1. The van der Waals surface area contributed by atoms with E-state index in [1.165, 1.54) is 6.33 Å². The molecule has 0 unspecified atom stereocenters. The van der Waals surface area contributed by atoms with Crippen LogP contribution in [0.15, 0.2) is 35.7 Å². The fourth-order valence-corrected chi connectivity index (χ4v) is 2.31. The zero-order valence-electron chi connectivity index (χ0n) is 9.42. The molecule has 19 heavy (non-hydrogen) atoms. The fourth-order valence-electron chi connectivity index (χ4n) is 1.35. The first kappa shape index (κ1) is 13.0. The number of halogens is 1. The van der Waals surface area contributed by atoms with Gasteiger partial charge >= 0.3 is 0 Å². The second-order valence-corrected chi connectivity index (χ2v) is 5.23. The van der Waals surface area contributed by atoms with Crippen LogP contribution in [0, 0.1) is 5.82 Å². The maximum Gasteiger partial charge on any atom is 0.279 e. The number of nitrogens with zero attached hydrogens (tertiary/aromatic N) is 1. The summed E-state index contributed by atoms with van der Waals surface area (Å²) in [7, 11) is -4.00. The van der Waals surface area contributed by atoms with Gasteiger partial charge in [0.15, 0.2) is 5.03 Å². The topological polar surface area (TPSA) is 118 Å². The first-order chi connectivity index (χ1) is 8.90. The molecule has 9 heteroatoms. The molecule has 0 aliphatic rings. The number of nitrogens with two attached hydrogens (primary N) is 1. The Morgan fingerprint density at radius 3 is 2.74 bits per heavy atom. The molecule has 0 radical (unpaired) electrons. The van der Waals surface area contributed by atoms with Crippen molar-refractivity contribution in [1.82, 2.24) is 9.97 Å². The lowest BCUT2D eigenvalue weighted by molar-refractivity contribution is 0.100. The number of carbonyl (C=O) groups excluding carboxylic acids is 1. The van der Waals surface area contributed by atoms with Gasteiger partial charge in [0, 0.05) is 5.56 Å². The second-order valence-electron chi connectivity index (χ2n) is 3.58. The zero-order chi connectivity index (χ0) is 14.0.